The van der Waals surface area contributed by atoms with Gasteiger partial charge in [-0.1, -0.05) is 30.3 Å². The van der Waals surface area contributed by atoms with Gasteiger partial charge in [0.2, 0.25) is 10.0 Å². The molecule has 10 heteroatoms. The molecule has 204 valence electrons. The van der Waals surface area contributed by atoms with Gasteiger partial charge in [-0.2, -0.15) is 9.29 Å². The van der Waals surface area contributed by atoms with Crippen LogP contribution in [0.5, 0.6) is 5.75 Å². The Morgan fingerprint density at radius 3 is 2.46 bits per heavy atom. The van der Waals surface area contributed by atoms with Crippen LogP contribution in [-0.4, -0.2) is 50.7 Å². The molecule has 0 saturated carbocycles. The van der Waals surface area contributed by atoms with Crippen LogP contribution in [0.25, 0.3) is 10.9 Å². The Hall–Kier alpha value is -3.73. The number of piperidine rings is 1. The van der Waals surface area contributed by atoms with Crippen molar-refractivity contribution in [2.45, 2.75) is 37.3 Å². The van der Waals surface area contributed by atoms with E-state index in [1.54, 1.807) is 41.7 Å². The highest BCUT2D eigenvalue weighted by atomic mass is 32.2. The summed E-state index contributed by atoms with van der Waals surface area (Å²) in [6.07, 6.45) is 2.98. The van der Waals surface area contributed by atoms with Crippen molar-refractivity contribution in [3.05, 3.63) is 94.7 Å². The van der Waals surface area contributed by atoms with E-state index in [2.05, 4.69) is 39.4 Å². The zero-order valence-electron chi connectivity index (χ0n) is 21.9. The molecule has 0 N–H and O–H groups in total. The standard InChI is InChI=1S/C21H26N2O4S.C8H5NO2/c1-16-4-3-5-17-14-27-15-23(21(16)17)18-10-12-22(13-11-18)28(24,25)20-8-6-19(26-2)7-9-20;10-8-9-7-4-2-1-3-6(7)5-11-8/h3-9,18H,10-15H2,1-2H3;1-5H. The summed E-state index contributed by atoms with van der Waals surface area (Å²) < 4.78 is 43.0. The third-order valence-corrected chi connectivity index (χ3v) is 9.01. The van der Waals surface area contributed by atoms with Gasteiger partial charge in [-0.25, -0.2) is 13.2 Å². The number of para-hydroxylation sites is 2. The highest BCUT2D eigenvalue weighted by molar-refractivity contribution is 7.89. The molecule has 4 aromatic rings. The summed E-state index contributed by atoms with van der Waals surface area (Å²) in [5.41, 5.74) is 4.38. The summed E-state index contributed by atoms with van der Waals surface area (Å²) in [5.74, 6) is 0.0977. The first-order chi connectivity index (χ1) is 18.9. The average molecular weight is 550 g/mol. The van der Waals surface area contributed by atoms with Crippen LogP contribution in [0.15, 0.2) is 87.1 Å². The van der Waals surface area contributed by atoms with Gasteiger partial charge in [0.15, 0.2) is 0 Å². The Morgan fingerprint density at radius 2 is 1.72 bits per heavy atom. The maximum Gasteiger partial charge on any atom is 0.439 e. The molecule has 9 nitrogen and oxygen atoms in total. The van der Waals surface area contributed by atoms with E-state index in [4.69, 9.17) is 9.47 Å². The smallest absolute Gasteiger partial charge is 0.439 e. The van der Waals surface area contributed by atoms with Crippen LogP contribution in [0.4, 0.5) is 5.69 Å². The van der Waals surface area contributed by atoms with Crippen molar-refractivity contribution in [3.8, 4) is 5.75 Å². The molecule has 0 radical (unpaired) electrons. The van der Waals surface area contributed by atoms with Gasteiger partial charge in [0.05, 0.1) is 24.1 Å². The number of aryl methyl sites for hydroxylation is 1. The maximum atomic E-state index is 13.0. The number of anilines is 1. The summed E-state index contributed by atoms with van der Waals surface area (Å²) in [6, 6.07) is 20.5. The van der Waals surface area contributed by atoms with E-state index in [1.165, 1.54) is 23.1 Å². The number of rotatable bonds is 4. The Balaban J connectivity index is 0.000000233. The molecule has 1 fully saturated rings. The highest BCUT2D eigenvalue weighted by Crippen LogP contribution is 2.34. The fraction of sp³-hybridized carbons (Fsp3) is 0.310. The highest BCUT2D eigenvalue weighted by Gasteiger charge is 2.33. The Kier molecular flexibility index (Phi) is 7.97. The number of ether oxygens (including phenoxy) is 2. The average Bonchev–Trinajstić information content (AvgIpc) is 2.97. The molecule has 2 aliphatic rings. The number of methoxy groups -OCH3 is 1. The lowest BCUT2D eigenvalue weighted by Gasteiger charge is -2.42. The van der Waals surface area contributed by atoms with Crippen LogP contribution in [-0.2, 0) is 21.4 Å². The van der Waals surface area contributed by atoms with Crippen molar-refractivity contribution in [2.75, 3.05) is 31.8 Å². The Labute approximate surface area is 227 Å². The van der Waals surface area contributed by atoms with Crippen LogP contribution in [0.2, 0.25) is 0 Å². The van der Waals surface area contributed by atoms with Gasteiger partial charge in [-0.05, 0) is 61.7 Å². The van der Waals surface area contributed by atoms with Crippen molar-refractivity contribution >= 4 is 26.6 Å². The lowest BCUT2D eigenvalue weighted by Crippen LogP contribution is -2.48. The van der Waals surface area contributed by atoms with E-state index in [9.17, 15) is 13.2 Å². The lowest BCUT2D eigenvalue weighted by atomic mass is 10.00. The van der Waals surface area contributed by atoms with Crippen molar-refractivity contribution in [3.63, 3.8) is 0 Å². The number of benzene rings is 3. The third kappa shape index (κ3) is 5.83. The minimum Gasteiger partial charge on any atom is -0.497 e. The van der Waals surface area contributed by atoms with E-state index in [-0.39, 0.29) is 6.04 Å². The zero-order chi connectivity index (χ0) is 27.4. The minimum absolute atomic E-state index is 0.280. The topological polar surface area (TPSA) is 102 Å². The molecule has 1 saturated heterocycles. The quantitative estimate of drug-likeness (QED) is 0.371. The van der Waals surface area contributed by atoms with Gasteiger partial charge < -0.3 is 18.8 Å². The van der Waals surface area contributed by atoms with Crippen molar-refractivity contribution < 1.29 is 22.3 Å². The molecule has 0 unspecified atom stereocenters. The summed E-state index contributed by atoms with van der Waals surface area (Å²) >= 11 is 0. The molecule has 6 rings (SSSR count). The van der Waals surface area contributed by atoms with Crippen LogP contribution in [0, 0.1) is 6.92 Å². The normalized spacial score (nSPS) is 16.3. The predicted octanol–water partition coefficient (Wildman–Crippen LogP) is 4.34. The number of sulfonamides is 1. The van der Waals surface area contributed by atoms with Crippen molar-refractivity contribution in [1.82, 2.24) is 9.29 Å². The molecule has 0 atom stereocenters. The van der Waals surface area contributed by atoms with Gasteiger partial charge in [0.1, 0.15) is 18.7 Å². The van der Waals surface area contributed by atoms with E-state index in [0.29, 0.717) is 42.6 Å². The molecule has 1 aromatic heterocycles. The van der Waals surface area contributed by atoms with Gasteiger partial charge in [0, 0.05) is 35.8 Å². The first-order valence-corrected chi connectivity index (χ1v) is 14.2. The van der Waals surface area contributed by atoms with Crippen molar-refractivity contribution in [2.24, 2.45) is 0 Å². The molecule has 0 spiro atoms. The summed E-state index contributed by atoms with van der Waals surface area (Å²) in [6.45, 7) is 4.35. The van der Waals surface area contributed by atoms with Crippen LogP contribution < -0.4 is 15.4 Å². The Bertz CT molecular complexity index is 1600. The molecular formula is C29H31N3O6S. The van der Waals surface area contributed by atoms with Gasteiger partial charge in [-0.15, -0.1) is 0 Å². The predicted molar refractivity (Wildman–Crippen MR) is 148 cm³/mol. The van der Waals surface area contributed by atoms with Crippen molar-refractivity contribution in [1.29, 1.82) is 0 Å². The molecule has 0 amide bonds. The molecule has 3 aromatic carbocycles. The first-order valence-electron chi connectivity index (χ1n) is 12.8. The van der Waals surface area contributed by atoms with Gasteiger partial charge in [0.25, 0.3) is 0 Å². The number of aromatic nitrogens is 1. The lowest BCUT2D eigenvalue weighted by molar-refractivity contribution is 0.0986. The fourth-order valence-electron chi connectivity index (χ4n) is 5.07. The SMILES string of the molecule is COc1ccc(S(=O)(=O)N2CCC(N3COCc4cccc(C)c43)CC2)cc1.O=c1nc2ccccc2co1. The molecular weight excluding hydrogens is 518 g/mol. The van der Waals surface area contributed by atoms with Gasteiger partial charge in [-0.3, -0.25) is 0 Å². The number of nitrogens with zero attached hydrogens (tertiary/aromatic N) is 3. The largest absolute Gasteiger partial charge is 0.497 e. The minimum atomic E-state index is -3.48. The Morgan fingerprint density at radius 1 is 0.974 bits per heavy atom. The monoisotopic (exact) mass is 549 g/mol. The molecule has 2 aliphatic heterocycles. The van der Waals surface area contributed by atoms with E-state index < -0.39 is 15.8 Å². The fourth-order valence-corrected chi connectivity index (χ4v) is 6.54. The maximum absolute atomic E-state index is 13.0. The van der Waals surface area contributed by atoms with Crippen LogP contribution in [0.1, 0.15) is 24.0 Å². The molecule has 0 aliphatic carbocycles. The number of fused-ring (bicyclic) bond motifs is 2. The summed E-state index contributed by atoms with van der Waals surface area (Å²) in [5, 5.41) is 0.840. The third-order valence-electron chi connectivity index (χ3n) is 7.09. The molecule has 0 bridgehead atoms. The summed E-state index contributed by atoms with van der Waals surface area (Å²) in [7, 11) is -1.91. The second-order valence-electron chi connectivity index (χ2n) is 9.51. The van der Waals surface area contributed by atoms with Crippen LogP contribution in [0.3, 0.4) is 0 Å². The zero-order valence-corrected chi connectivity index (χ0v) is 22.8. The second-order valence-corrected chi connectivity index (χ2v) is 11.5. The second kappa shape index (κ2) is 11.6. The molecule has 39 heavy (non-hydrogen) atoms. The van der Waals surface area contributed by atoms with Crippen LogP contribution >= 0.6 is 0 Å². The van der Waals surface area contributed by atoms with E-state index in [0.717, 1.165) is 18.2 Å². The first kappa shape index (κ1) is 26.9. The molecule has 3 heterocycles. The number of hydrogen-bond donors (Lipinski definition) is 0. The van der Waals surface area contributed by atoms with E-state index >= 15 is 0 Å². The van der Waals surface area contributed by atoms with Gasteiger partial charge >= 0.3 is 5.76 Å². The van der Waals surface area contributed by atoms with E-state index in [1.807, 2.05) is 18.2 Å². The summed E-state index contributed by atoms with van der Waals surface area (Å²) in [4.78, 5) is 16.9. The number of hydrogen-bond acceptors (Lipinski definition) is 8.